The van der Waals surface area contributed by atoms with Gasteiger partial charge in [0.15, 0.2) is 0 Å². The summed E-state index contributed by atoms with van der Waals surface area (Å²) in [5.41, 5.74) is 6.14. The van der Waals surface area contributed by atoms with Gasteiger partial charge in [-0.05, 0) is 69.5 Å². The molecule has 1 saturated carbocycles. The zero-order valence-electron chi connectivity index (χ0n) is 14.5. The van der Waals surface area contributed by atoms with Crippen LogP contribution in [0, 0.1) is 11.3 Å². The van der Waals surface area contributed by atoms with Crippen LogP contribution in [0.2, 0.25) is 0 Å². The third-order valence-corrected chi connectivity index (χ3v) is 4.95. The second-order valence-corrected chi connectivity index (χ2v) is 7.96. The molecule has 0 aromatic carbocycles. The van der Waals surface area contributed by atoms with E-state index in [2.05, 4.69) is 32.6 Å². The molecule has 20 heavy (non-hydrogen) atoms. The van der Waals surface area contributed by atoms with E-state index in [1.54, 1.807) is 0 Å². The van der Waals surface area contributed by atoms with E-state index in [0.29, 0.717) is 5.41 Å². The SMILES string of the molecule is CC(C)CCN(CCCC(C)(C)CCN)C1CCCC1. The van der Waals surface area contributed by atoms with Crippen LogP contribution in [-0.2, 0) is 0 Å². The quantitative estimate of drug-likeness (QED) is 0.642. The van der Waals surface area contributed by atoms with E-state index < -0.39 is 0 Å². The molecule has 2 nitrogen and oxygen atoms in total. The number of rotatable bonds is 10. The Morgan fingerprint density at radius 3 is 2.30 bits per heavy atom. The van der Waals surface area contributed by atoms with Crippen molar-refractivity contribution in [2.24, 2.45) is 17.1 Å². The Hall–Kier alpha value is -0.0800. The standard InChI is InChI=1S/C18H38N2/c1-16(2)10-15-20(17-8-5-6-9-17)14-7-11-18(3,4)12-13-19/h16-17H,5-15,19H2,1-4H3. The Balaban J connectivity index is 2.35. The Morgan fingerprint density at radius 1 is 1.10 bits per heavy atom. The average molecular weight is 283 g/mol. The van der Waals surface area contributed by atoms with Gasteiger partial charge in [0.05, 0.1) is 0 Å². The predicted molar refractivity (Wildman–Crippen MR) is 90.0 cm³/mol. The maximum Gasteiger partial charge on any atom is 0.00952 e. The first-order valence-corrected chi connectivity index (χ1v) is 8.89. The maximum absolute atomic E-state index is 5.72. The van der Waals surface area contributed by atoms with Crippen molar-refractivity contribution in [2.75, 3.05) is 19.6 Å². The van der Waals surface area contributed by atoms with E-state index in [-0.39, 0.29) is 0 Å². The molecule has 0 atom stereocenters. The van der Waals surface area contributed by atoms with Crippen LogP contribution < -0.4 is 5.73 Å². The Kier molecular flexibility index (Phi) is 8.13. The van der Waals surface area contributed by atoms with Gasteiger partial charge in [-0.2, -0.15) is 0 Å². The van der Waals surface area contributed by atoms with Gasteiger partial charge in [0, 0.05) is 6.04 Å². The van der Waals surface area contributed by atoms with Crippen molar-refractivity contribution < 1.29 is 0 Å². The van der Waals surface area contributed by atoms with Crippen LogP contribution in [-0.4, -0.2) is 30.6 Å². The highest BCUT2D eigenvalue weighted by molar-refractivity contribution is 4.79. The Morgan fingerprint density at radius 2 is 1.75 bits per heavy atom. The van der Waals surface area contributed by atoms with Crippen molar-refractivity contribution in [3.8, 4) is 0 Å². The van der Waals surface area contributed by atoms with E-state index in [9.17, 15) is 0 Å². The van der Waals surface area contributed by atoms with Gasteiger partial charge in [0.2, 0.25) is 0 Å². The molecule has 2 heteroatoms. The van der Waals surface area contributed by atoms with Gasteiger partial charge < -0.3 is 10.6 Å². The van der Waals surface area contributed by atoms with Crippen molar-refractivity contribution in [1.82, 2.24) is 4.90 Å². The van der Waals surface area contributed by atoms with Gasteiger partial charge in [-0.3, -0.25) is 0 Å². The lowest BCUT2D eigenvalue weighted by atomic mass is 9.84. The third-order valence-electron chi connectivity index (χ3n) is 4.95. The molecule has 0 saturated heterocycles. The molecule has 0 heterocycles. The summed E-state index contributed by atoms with van der Waals surface area (Å²) in [6.45, 7) is 12.9. The molecule has 0 amide bonds. The smallest absolute Gasteiger partial charge is 0.00952 e. The van der Waals surface area contributed by atoms with Crippen molar-refractivity contribution in [2.45, 2.75) is 85.1 Å². The molecule has 0 spiro atoms. The van der Waals surface area contributed by atoms with Crippen molar-refractivity contribution >= 4 is 0 Å². The lowest BCUT2D eigenvalue weighted by molar-refractivity contribution is 0.172. The molecule has 120 valence electrons. The molecule has 1 rings (SSSR count). The fraction of sp³-hybridized carbons (Fsp3) is 1.00. The highest BCUT2D eigenvalue weighted by Crippen LogP contribution is 2.28. The second-order valence-electron chi connectivity index (χ2n) is 7.96. The zero-order valence-corrected chi connectivity index (χ0v) is 14.5. The van der Waals surface area contributed by atoms with E-state index >= 15 is 0 Å². The molecular formula is C18H38N2. The molecule has 2 N–H and O–H groups in total. The fourth-order valence-corrected chi connectivity index (χ4v) is 3.45. The lowest BCUT2D eigenvalue weighted by Gasteiger charge is -2.31. The van der Waals surface area contributed by atoms with Crippen LogP contribution in [0.3, 0.4) is 0 Å². The van der Waals surface area contributed by atoms with Crippen LogP contribution in [0.1, 0.15) is 79.1 Å². The van der Waals surface area contributed by atoms with Gasteiger partial charge in [-0.25, -0.2) is 0 Å². The van der Waals surface area contributed by atoms with E-state index in [1.165, 1.54) is 58.0 Å². The zero-order chi connectivity index (χ0) is 15.0. The van der Waals surface area contributed by atoms with Crippen molar-refractivity contribution in [3.63, 3.8) is 0 Å². The van der Waals surface area contributed by atoms with Crippen molar-refractivity contribution in [1.29, 1.82) is 0 Å². The first kappa shape index (κ1) is 18.0. The molecule has 0 unspecified atom stereocenters. The molecule has 1 aliphatic carbocycles. The number of hydrogen-bond acceptors (Lipinski definition) is 2. The summed E-state index contributed by atoms with van der Waals surface area (Å²) in [5, 5.41) is 0. The molecule has 1 fully saturated rings. The molecule has 1 aliphatic rings. The van der Waals surface area contributed by atoms with Gasteiger partial charge in [-0.15, -0.1) is 0 Å². The Labute approximate surface area is 127 Å². The predicted octanol–water partition coefficient (Wildman–Crippen LogP) is 4.43. The van der Waals surface area contributed by atoms with Crippen LogP contribution in [0.5, 0.6) is 0 Å². The largest absolute Gasteiger partial charge is 0.330 e. The molecule has 0 aromatic rings. The second kappa shape index (κ2) is 9.04. The van der Waals surface area contributed by atoms with E-state index in [4.69, 9.17) is 5.73 Å². The minimum atomic E-state index is 0.425. The average Bonchev–Trinajstić information content (AvgIpc) is 2.86. The highest BCUT2D eigenvalue weighted by Gasteiger charge is 2.23. The van der Waals surface area contributed by atoms with Crippen LogP contribution in [0.15, 0.2) is 0 Å². The Bertz CT molecular complexity index is 242. The van der Waals surface area contributed by atoms with Gasteiger partial charge in [0.1, 0.15) is 0 Å². The molecule has 0 radical (unpaired) electrons. The topological polar surface area (TPSA) is 29.3 Å². The summed E-state index contributed by atoms with van der Waals surface area (Å²) >= 11 is 0. The summed E-state index contributed by atoms with van der Waals surface area (Å²) < 4.78 is 0. The molecule has 0 aliphatic heterocycles. The normalized spacial score (nSPS) is 17.6. The first-order chi connectivity index (χ1) is 9.44. The summed E-state index contributed by atoms with van der Waals surface area (Å²) in [5.74, 6) is 0.826. The van der Waals surface area contributed by atoms with Crippen LogP contribution >= 0.6 is 0 Å². The minimum Gasteiger partial charge on any atom is -0.330 e. The van der Waals surface area contributed by atoms with Gasteiger partial charge in [0.25, 0.3) is 0 Å². The van der Waals surface area contributed by atoms with Gasteiger partial charge >= 0.3 is 0 Å². The van der Waals surface area contributed by atoms with Crippen molar-refractivity contribution in [3.05, 3.63) is 0 Å². The first-order valence-electron chi connectivity index (χ1n) is 8.89. The van der Waals surface area contributed by atoms with Crippen LogP contribution in [0.25, 0.3) is 0 Å². The molecular weight excluding hydrogens is 244 g/mol. The fourth-order valence-electron chi connectivity index (χ4n) is 3.45. The van der Waals surface area contributed by atoms with E-state index in [1.807, 2.05) is 0 Å². The van der Waals surface area contributed by atoms with Gasteiger partial charge in [-0.1, -0.05) is 40.5 Å². The third kappa shape index (κ3) is 7.08. The maximum atomic E-state index is 5.72. The summed E-state index contributed by atoms with van der Waals surface area (Å²) in [6, 6.07) is 0.881. The number of nitrogens with two attached hydrogens (primary N) is 1. The summed E-state index contributed by atoms with van der Waals surface area (Å²) in [6.07, 6.45) is 10.9. The number of nitrogens with zero attached hydrogens (tertiary/aromatic N) is 1. The summed E-state index contributed by atoms with van der Waals surface area (Å²) in [7, 11) is 0. The molecule has 0 aromatic heterocycles. The monoisotopic (exact) mass is 282 g/mol. The van der Waals surface area contributed by atoms with Crippen LogP contribution in [0.4, 0.5) is 0 Å². The summed E-state index contributed by atoms with van der Waals surface area (Å²) in [4.78, 5) is 2.80. The number of hydrogen-bond donors (Lipinski definition) is 1. The lowest BCUT2D eigenvalue weighted by Crippen LogP contribution is -2.36. The van der Waals surface area contributed by atoms with E-state index in [0.717, 1.165) is 24.9 Å². The highest BCUT2D eigenvalue weighted by atomic mass is 15.2. The minimum absolute atomic E-state index is 0.425. The molecule has 0 bridgehead atoms.